The minimum Gasteiger partial charge on any atom is -0.365 e. The van der Waals surface area contributed by atoms with Crippen molar-refractivity contribution >= 4 is 23.4 Å². The number of likely N-dealkylation sites (N-methyl/N-ethyl adjacent to an activating group) is 1. The Hall–Kier alpha value is -1.20. The van der Waals surface area contributed by atoms with E-state index in [2.05, 4.69) is 6.07 Å². The van der Waals surface area contributed by atoms with E-state index in [0.717, 1.165) is 37.2 Å². The van der Waals surface area contributed by atoms with Crippen molar-refractivity contribution in [2.45, 2.75) is 24.3 Å². The molecule has 1 aliphatic rings. The van der Waals surface area contributed by atoms with Gasteiger partial charge in [-0.2, -0.15) is 0 Å². The highest BCUT2D eigenvalue weighted by molar-refractivity contribution is 7.98. The molecule has 0 aromatic heterocycles. The Morgan fingerprint density at radius 2 is 2.10 bits per heavy atom. The first-order valence-corrected chi connectivity index (χ1v) is 8.24. The number of nitrogens with two attached hydrogens (primary N) is 1. The molecule has 0 saturated carbocycles. The van der Waals surface area contributed by atoms with Crippen molar-refractivity contribution in [2.75, 3.05) is 37.8 Å². The lowest BCUT2D eigenvalue weighted by Gasteiger charge is -2.25. The minimum atomic E-state index is 0.211. The predicted octanol–water partition coefficient (Wildman–Crippen LogP) is 1.93. The van der Waals surface area contributed by atoms with E-state index in [0.29, 0.717) is 13.1 Å². The average molecular weight is 293 g/mol. The Morgan fingerprint density at radius 3 is 2.70 bits per heavy atom. The third-order valence-electron chi connectivity index (χ3n) is 3.77. The van der Waals surface area contributed by atoms with E-state index in [1.165, 1.54) is 4.90 Å². The number of likely N-dealkylation sites (tertiary alicyclic amines) is 1. The summed E-state index contributed by atoms with van der Waals surface area (Å²) in [5.41, 5.74) is 8.07. The summed E-state index contributed by atoms with van der Waals surface area (Å²) in [6, 6.07) is 6.14. The summed E-state index contributed by atoms with van der Waals surface area (Å²) in [6.45, 7) is 2.72. The Kier molecular flexibility index (Phi) is 5.31. The van der Waals surface area contributed by atoms with Gasteiger partial charge in [-0.05, 0) is 31.2 Å². The fourth-order valence-corrected chi connectivity index (χ4v) is 3.31. The van der Waals surface area contributed by atoms with Gasteiger partial charge in [0.1, 0.15) is 0 Å². The molecule has 1 fully saturated rings. The van der Waals surface area contributed by atoms with E-state index in [9.17, 15) is 4.79 Å². The van der Waals surface area contributed by atoms with E-state index in [4.69, 9.17) is 5.73 Å². The van der Waals surface area contributed by atoms with Crippen LogP contribution in [0.15, 0.2) is 23.1 Å². The van der Waals surface area contributed by atoms with Crippen molar-refractivity contribution in [2.24, 2.45) is 5.73 Å². The van der Waals surface area contributed by atoms with Crippen molar-refractivity contribution in [3.8, 4) is 0 Å². The highest BCUT2D eigenvalue weighted by Crippen LogP contribution is 2.28. The molecule has 0 spiro atoms. The topological polar surface area (TPSA) is 49.6 Å². The first-order chi connectivity index (χ1) is 9.67. The zero-order valence-electron chi connectivity index (χ0n) is 12.3. The number of carbonyl (C=O) groups excluding carboxylic acids is 1. The molecule has 2 rings (SSSR count). The van der Waals surface area contributed by atoms with Gasteiger partial charge in [-0.3, -0.25) is 4.79 Å². The second kappa shape index (κ2) is 6.99. The minimum absolute atomic E-state index is 0.211. The number of anilines is 1. The smallest absolute Gasteiger partial charge is 0.242 e. The summed E-state index contributed by atoms with van der Waals surface area (Å²) in [7, 11) is 1.96. The van der Waals surface area contributed by atoms with Gasteiger partial charge in [-0.15, -0.1) is 11.8 Å². The van der Waals surface area contributed by atoms with E-state index in [1.807, 2.05) is 35.2 Å². The van der Waals surface area contributed by atoms with E-state index >= 15 is 0 Å². The third-order valence-corrected chi connectivity index (χ3v) is 4.60. The molecule has 1 amide bonds. The Labute approximate surface area is 125 Å². The summed E-state index contributed by atoms with van der Waals surface area (Å²) >= 11 is 1.69. The number of carbonyl (C=O) groups is 1. The molecule has 1 aromatic rings. The van der Waals surface area contributed by atoms with Crippen molar-refractivity contribution in [3.63, 3.8) is 0 Å². The molecular formula is C15H23N3OS. The quantitative estimate of drug-likeness (QED) is 0.843. The highest BCUT2D eigenvalue weighted by Gasteiger charge is 2.20. The van der Waals surface area contributed by atoms with Crippen LogP contribution in [0.1, 0.15) is 18.4 Å². The summed E-state index contributed by atoms with van der Waals surface area (Å²) in [5.74, 6) is 0.211. The molecule has 5 heteroatoms. The maximum atomic E-state index is 12.2. The van der Waals surface area contributed by atoms with Gasteiger partial charge >= 0.3 is 0 Å². The normalized spacial score (nSPS) is 14.7. The largest absolute Gasteiger partial charge is 0.365 e. The van der Waals surface area contributed by atoms with Crippen molar-refractivity contribution in [1.82, 2.24) is 4.90 Å². The van der Waals surface area contributed by atoms with E-state index in [1.54, 1.807) is 11.8 Å². The lowest BCUT2D eigenvalue weighted by Crippen LogP contribution is -2.37. The first kappa shape index (κ1) is 15.2. The van der Waals surface area contributed by atoms with Crippen LogP contribution in [0.25, 0.3) is 0 Å². The molecule has 0 aliphatic carbocycles. The first-order valence-electron chi connectivity index (χ1n) is 7.02. The van der Waals surface area contributed by atoms with Crippen LogP contribution in [0, 0.1) is 0 Å². The number of rotatable bonds is 5. The van der Waals surface area contributed by atoms with Gasteiger partial charge in [0.25, 0.3) is 0 Å². The molecule has 1 heterocycles. The lowest BCUT2D eigenvalue weighted by molar-refractivity contribution is -0.128. The number of nitrogens with zero attached hydrogens (tertiary/aromatic N) is 2. The average Bonchev–Trinajstić information content (AvgIpc) is 3.00. The number of thioether (sulfide) groups is 1. The van der Waals surface area contributed by atoms with Crippen LogP contribution in [0.4, 0.5) is 5.69 Å². The molecule has 0 unspecified atom stereocenters. The molecule has 0 atom stereocenters. The summed E-state index contributed by atoms with van der Waals surface area (Å²) in [4.78, 5) is 17.4. The van der Waals surface area contributed by atoms with E-state index in [-0.39, 0.29) is 5.91 Å². The SMILES string of the molecule is CSc1cccc(N(C)CC(=O)N2CCCC2)c1CN. The van der Waals surface area contributed by atoms with Crippen LogP contribution in [-0.4, -0.2) is 43.7 Å². The number of hydrogen-bond acceptors (Lipinski definition) is 4. The van der Waals surface area contributed by atoms with Gasteiger partial charge in [-0.25, -0.2) is 0 Å². The molecule has 110 valence electrons. The summed E-state index contributed by atoms with van der Waals surface area (Å²) in [6.07, 6.45) is 4.31. The van der Waals surface area contributed by atoms with Crippen molar-refractivity contribution in [1.29, 1.82) is 0 Å². The van der Waals surface area contributed by atoms with Crippen LogP contribution in [-0.2, 0) is 11.3 Å². The van der Waals surface area contributed by atoms with Gasteiger partial charge in [0.15, 0.2) is 0 Å². The second-order valence-corrected chi connectivity index (χ2v) is 5.95. The molecule has 0 bridgehead atoms. The van der Waals surface area contributed by atoms with Gasteiger partial charge in [0.2, 0.25) is 5.91 Å². The molecule has 0 radical (unpaired) electrons. The fourth-order valence-electron chi connectivity index (χ4n) is 2.66. The molecule has 4 nitrogen and oxygen atoms in total. The predicted molar refractivity (Wildman–Crippen MR) is 85.2 cm³/mol. The Morgan fingerprint density at radius 1 is 1.40 bits per heavy atom. The van der Waals surface area contributed by atoms with Crippen molar-refractivity contribution < 1.29 is 4.79 Å². The number of hydrogen-bond donors (Lipinski definition) is 1. The van der Waals surface area contributed by atoms with Crippen LogP contribution in [0.5, 0.6) is 0 Å². The molecule has 1 aromatic carbocycles. The van der Waals surface area contributed by atoms with E-state index < -0.39 is 0 Å². The highest BCUT2D eigenvalue weighted by atomic mass is 32.2. The van der Waals surface area contributed by atoms with Gasteiger partial charge in [0.05, 0.1) is 6.54 Å². The van der Waals surface area contributed by atoms with Gasteiger partial charge in [-0.1, -0.05) is 6.07 Å². The Balaban J connectivity index is 2.12. The monoisotopic (exact) mass is 293 g/mol. The third kappa shape index (κ3) is 3.27. The molecular weight excluding hydrogens is 270 g/mol. The molecule has 1 aliphatic heterocycles. The van der Waals surface area contributed by atoms with Crippen LogP contribution in [0.3, 0.4) is 0 Å². The second-order valence-electron chi connectivity index (χ2n) is 5.11. The zero-order valence-corrected chi connectivity index (χ0v) is 13.1. The number of amides is 1. The Bertz CT molecular complexity index is 472. The number of benzene rings is 1. The maximum Gasteiger partial charge on any atom is 0.242 e. The van der Waals surface area contributed by atoms with Crippen LogP contribution < -0.4 is 10.6 Å². The van der Waals surface area contributed by atoms with Crippen molar-refractivity contribution in [3.05, 3.63) is 23.8 Å². The molecule has 2 N–H and O–H groups in total. The molecule has 20 heavy (non-hydrogen) atoms. The summed E-state index contributed by atoms with van der Waals surface area (Å²) in [5, 5.41) is 0. The lowest BCUT2D eigenvalue weighted by atomic mass is 10.1. The standard InChI is InChI=1S/C15H23N3OS/c1-17(11-15(19)18-8-3-4-9-18)13-6-5-7-14(20-2)12(13)10-16/h5-7H,3-4,8-11,16H2,1-2H3. The summed E-state index contributed by atoms with van der Waals surface area (Å²) < 4.78 is 0. The van der Waals surface area contributed by atoms with Gasteiger partial charge in [0, 0.05) is 42.8 Å². The maximum absolute atomic E-state index is 12.2. The fraction of sp³-hybridized carbons (Fsp3) is 0.533. The van der Waals surface area contributed by atoms with Crippen LogP contribution >= 0.6 is 11.8 Å². The van der Waals surface area contributed by atoms with Gasteiger partial charge < -0.3 is 15.5 Å². The molecule has 1 saturated heterocycles. The van der Waals surface area contributed by atoms with Crippen LogP contribution in [0.2, 0.25) is 0 Å². The zero-order chi connectivity index (χ0) is 14.5.